The summed E-state index contributed by atoms with van der Waals surface area (Å²) in [6.45, 7) is 0. The van der Waals surface area contributed by atoms with Gasteiger partial charge in [-0.15, -0.1) is 0 Å². The molecule has 2 N–H and O–H groups in total. The van der Waals surface area contributed by atoms with Crippen molar-refractivity contribution in [3.8, 4) is 5.75 Å². The summed E-state index contributed by atoms with van der Waals surface area (Å²) >= 11 is 8.00. The van der Waals surface area contributed by atoms with E-state index in [1.54, 1.807) is 30.3 Å². The Morgan fingerprint density at radius 2 is 2.00 bits per heavy atom. The van der Waals surface area contributed by atoms with Gasteiger partial charge in [0.1, 0.15) is 5.75 Å². The number of nitrogen functional groups attached to an aromatic ring is 1. The van der Waals surface area contributed by atoms with Crippen molar-refractivity contribution in [3.05, 3.63) is 56.1 Å². The monoisotopic (exact) mass is 387 g/mol. The van der Waals surface area contributed by atoms with Gasteiger partial charge in [0, 0.05) is 9.13 Å². The first-order valence-corrected chi connectivity index (χ1v) is 6.92. The maximum Gasteiger partial charge on any atom is 0.196 e. The third-order valence-electron chi connectivity index (χ3n) is 2.66. The van der Waals surface area contributed by atoms with Crippen molar-refractivity contribution >= 4 is 45.7 Å². The molecule has 98 valence electrons. The van der Waals surface area contributed by atoms with Crippen LogP contribution < -0.4 is 10.5 Å². The van der Waals surface area contributed by atoms with Crippen molar-refractivity contribution in [2.24, 2.45) is 0 Å². The minimum absolute atomic E-state index is 0.140. The van der Waals surface area contributed by atoms with Crippen LogP contribution in [-0.4, -0.2) is 12.9 Å². The molecule has 0 atom stereocenters. The predicted octanol–water partition coefficient (Wildman–Crippen LogP) is 3.77. The summed E-state index contributed by atoms with van der Waals surface area (Å²) in [5, 5.41) is 0.436. The Bertz CT molecular complexity index is 643. The highest BCUT2D eigenvalue weighted by molar-refractivity contribution is 14.1. The number of ketones is 1. The molecule has 0 aromatic heterocycles. The average Bonchev–Trinajstić information content (AvgIpc) is 2.41. The SMILES string of the molecule is COc1ccc(I)cc1C(=O)c1ccc(Cl)c(N)c1. The Labute approximate surface area is 129 Å². The van der Waals surface area contributed by atoms with Crippen molar-refractivity contribution in [2.45, 2.75) is 0 Å². The minimum atomic E-state index is -0.140. The highest BCUT2D eigenvalue weighted by atomic mass is 127. The molecule has 2 aromatic carbocycles. The fourth-order valence-electron chi connectivity index (χ4n) is 1.70. The number of nitrogens with two attached hydrogens (primary N) is 1. The summed E-state index contributed by atoms with van der Waals surface area (Å²) in [7, 11) is 1.54. The lowest BCUT2D eigenvalue weighted by atomic mass is 10.0. The molecule has 0 amide bonds. The van der Waals surface area contributed by atoms with Gasteiger partial charge in [0.2, 0.25) is 0 Å². The Balaban J connectivity index is 2.49. The molecule has 0 bridgehead atoms. The van der Waals surface area contributed by atoms with Crippen LogP contribution in [0.15, 0.2) is 36.4 Å². The second kappa shape index (κ2) is 5.79. The van der Waals surface area contributed by atoms with Gasteiger partial charge in [-0.25, -0.2) is 0 Å². The lowest BCUT2D eigenvalue weighted by Crippen LogP contribution is -2.05. The van der Waals surface area contributed by atoms with E-state index in [0.29, 0.717) is 27.6 Å². The van der Waals surface area contributed by atoms with Crippen LogP contribution in [0.25, 0.3) is 0 Å². The van der Waals surface area contributed by atoms with Crippen LogP contribution in [0.2, 0.25) is 5.02 Å². The fraction of sp³-hybridized carbons (Fsp3) is 0.0714. The van der Waals surface area contributed by atoms with Crippen LogP contribution in [0.3, 0.4) is 0 Å². The standard InChI is InChI=1S/C14H11ClINO2/c1-19-13-5-3-9(16)7-10(13)14(18)8-2-4-11(15)12(17)6-8/h2-7H,17H2,1H3. The van der Waals surface area contributed by atoms with E-state index >= 15 is 0 Å². The number of benzene rings is 2. The molecule has 3 nitrogen and oxygen atoms in total. The van der Waals surface area contributed by atoms with Gasteiger partial charge in [0.15, 0.2) is 5.78 Å². The van der Waals surface area contributed by atoms with Crippen LogP contribution >= 0.6 is 34.2 Å². The van der Waals surface area contributed by atoms with E-state index in [9.17, 15) is 4.79 Å². The molecule has 0 aliphatic rings. The zero-order valence-corrected chi connectivity index (χ0v) is 13.0. The van der Waals surface area contributed by atoms with E-state index in [4.69, 9.17) is 22.1 Å². The van der Waals surface area contributed by atoms with E-state index in [2.05, 4.69) is 22.6 Å². The first-order chi connectivity index (χ1) is 9.02. The molecule has 2 aromatic rings. The maximum atomic E-state index is 12.5. The molecule has 2 rings (SSSR count). The van der Waals surface area contributed by atoms with Crippen molar-refractivity contribution in [3.63, 3.8) is 0 Å². The van der Waals surface area contributed by atoms with Gasteiger partial charge in [-0.3, -0.25) is 4.79 Å². The Hall–Kier alpha value is -1.27. The summed E-state index contributed by atoms with van der Waals surface area (Å²) in [5.74, 6) is 0.401. The summed E-state index contributed by atoms with van der Waals surface area (Å²) < 4.78 is 6.18. The van der Waals surface area contributed by atoms with Crippen LogP contribution in [0, 0.1) is 3.57 Å². The maximum absolute atomic E-state index is 12.5. The highest BCUT2D eigenvalue weighted by Crippen LogP contribution is 2.26. The molecule has 0 aliphatic carbocycles. The van der Waals surface area contributed by atoms with E-state index < -0.39 is 0 Å². The average molecular weight is 388 g/mol. The minimum Gasteiger partial charge on any atom is -0.496 e. The number of halogens is 2. The van der Waals surface area contributed by atoms with Crippen molar-refractivity contribution < 1.29 is 9.53 Å². The first kappa shape index (κ1) is 14.1. The molecular weight excluding hydrogens is 377 g/mol. The van der Waals surface area contributed by atoms with Gasteiger partial charge in [-0.1, -0.05) is 11.6 Å². The largest absolute Gasteiger partial charge is 0.496 e. The van der Waals surface area contributed by atoms with Gasteiger partial charge < -0.3 is 10.5 Å². The summed E-state index contributed by atoms with van der Waals surface area (Å²) in [5.41, 5.74) is 7.10. The lowest BCUT2D eigenvalue weighted by molar-refractivity contribution is 0.103. The Kier molecular flexibility index (Phi) is 4.31. The normalized spacial score (nSPS) is 10.3. The number of ether oxygens (including phenoxy) is 1. The van der Waals surface area contributed by atoms with Gasteiger partial charge in [-0.2, -0.15) is 0 Å². The van der Waals surface area contributed by atoms with E-state index in [-0.39, 0.29) is 5.78 Å². The van der Waals surface area contributed by atoms with E-state index in [1.165, 1.54) is 7.11 Å². The van der Waals surface area contributed by atoms with E-state index in [0.717, 1.165) is 3.57 Å². The quantitative estimate of drug-likeness (QED) is 0.495. The second-order valence-electron chi connectivity index (χ2n) is 3.91. The number of methoxy groups -OCH3 is 1. The number of carbonyl (C=O) groups is 1. The predicted molar refractivity (Wildman–Crippen MR) is 85.0 cm³/mol. The number of anilines is 1. The molecule has 0 spiro atoms. The van der Waals surface area contributed by atoms with Gasteiger partial charge in [-0.05, 0) is 59.0 Å². The van der Waals surface area contributed by atoms with Gasteiger partial charge >= 0.3 is 0 Å². The lowest BCUT2D eigenvalue weighted by Gasteiger charge is -2.09. The Morgan fingerprint density at radius 1 is 1.26 bits per heavy atom. The molecule has 19 heavy (non-hydrogen) atoms. The fourth-order valence-corrected chi connectivity index (χ4v) is 2.31. The van der Waals surface area contributed by atoms with E-state index in [1.807, 2.05) is 6.07 Å². The van der Waals surface area contributed by atoms with Crippen LogP contribution in [0.5, 0.6) is 5.75 Å². The zero-order valence-electron chi connectivity index (χ0n) is 10.1. The van der Waals surface area contributed by atoms with Crippen molar-refractivity contribution in [2.75, 3.05) is 12.8 Å². The molecular formula is C14H11ClINO2. The summed E-state index contributed by atoms with van der Waals surface area (Å²) in [6.07, 6.45) is 0. The van der Waals surface area contributed by atoms with Gasteiger partial charge in [0.05, 0.1) is 23.4 Å². The molecule has 0 unspecified atom stereocenters. The molecule has 5 heteroatoms. The highest BCUT2D eigenvalue weighted by Gasteiger charge is 2.15. The molecule has 0 aliphatic heterocycles. The van der Waals surface area contributed by atoms with Gasteiger partial charge in [0.25, 0.3) is 0 Å². The Morgan fingerprint density at radius 3 is 2.63 bits per heavy atom. The summed E-state index contributed by atoms with van der Waals surface area (Å²) in [4.78, 5) is 12.5. The van der Waals surface area contributed by atoms with Crippen LogP contribution in [-0.2, 0) is 0 Å². The van der Waals surface area contributed by atoms with Crippen LogP contribution in [0.1, 0.15) is 15.9 Å². The number of hydrogen-bond acceptors (Lipinski definition) is 3. The smallest absolute Gasteiger partial charge is 0.196 e. The third-order valence-corrected chi connectivity index (χ3v) is 3.68. The molecule has 0 radical (unpaired) electrons. The number of rotatable bonds is 3. The molecule has 0 saturated heterocycles. The zero-order chi connectivity index (χ0) is 14.0. The molecule has 0 saturated carbocycles. The topological polar surface area (TPSA) is 52.3 Å². The molecule has 0 heterocycles. The van der Waals surface area contributed by atoms with Crippen molar-refractivity contribution in [1.82, 2.24) is 0 Å². The third kappa shape index (κ3) is 3.01. The second-order valence-corrected chi connectivity index (χ2v) is 5.56. The van der Waals surface area contributed by atoms with Crippen LogP contribution in [0.4, 0.5) is 5.69 Å². The number of carbonyl (C=O) groups excluding carboxylic acids is 1. The molecule has 0 fully saturated rings. The first-order valence-electron chi connectivity index (χ1n) is 5.46. The van der Waals surface area contributed by atoms with Crippen molar-refractivity contribution in [1.29, 1.82) is 0 Å². The number of hydrogen-bond donors (Lipinski definition) is 1. The summed E-state index contributed by atoms with van der Waals surface area (Å²) in [6, 6.07) is 10.3.